The zero-order valence-electron chi connectivity index (χ0n) is 26.2. The lowest BCUT2D eigenvalue weighted by atomic mass is 9.52. The summed E-state index contributed by atoms with van der Waals surface area (Å²) in [6.07, 6.45) is 15.6. The minimum Gasteiger partial charge on any atom is -0.490 e. The van der Waals surface area contributed by atoms with Gasteiger partial charge in [-0.3, -0.25) is 14.2 Å². The Morgan fingerprint density at radius 2 is 1.32 bits per heavy atom. The zero-order valence-corrected chi connectivity index (χ0v) is 26.2. The number of hydrogen-bond acceptors (Lipinski definition) is 5. The SMILES string of the molecule is CCCCCCCCOc1cc2nc3n(c2cc1OCCCCCCCC)C(=O)[C@@]1(C)C[C@](C)(C(=O)O)C[C@]3(C)C1. The first-order valence-electron chi connectivity index (χ1n) is 16.2. The molecule has 2 aromatic rings. The van der Waals surface area contributed by atoms with Gasteiger partial charge in [-0.2, -0.15) is 0 Å². The van der Waals surface area contributed by atoms with Crippen LogP contribution >= 0.6 is 0 Å². The lowest BCUT2D eigenvalue weighted by molar-refractivity contribution is -0.154. The highest BCUT2D eigenvalue weighted by molar-refractivity contribution is 5.97. The summed E-state index contributed by atoms with van der Waals surface area (Å²) in [5, 5.41) is 10.1. The maximum atomic E-state index is 14.0. The highest BCUT2D eigenvalue weighted by atomic mass is 16.5. The van der Waals surface area contributed by atoms with Crippen LogP contribution in [0.1, 0.15) is 142 Å². The molecule has 1 aromatic carbocycles. The Morgan fingerprint density at radius 3 is 1.88 bits per heavy atom. The Hall–Kier alpha value is -2.57. The Morgan fingerprint density at radius 1 is 0.805 bits per heavy atom. The minimum atomic E-state index is -0.975. The van der Waals surface area contributed by atoms with Crippen molar-refractivity contribution in [3.63, 3.8) is 0 Å². The fourth-order valence-electron chi connectivity index (χ4n) is 7.55. The van der Waals surface area contributed by atoms with Crippen molar-refractivity contribution in [3.8, 4) is 11.5 Å². The maximum Gasteiger partial charge on any atom is 0.309 e. The van der Waals surface area contributed by atoms with Gasteiger partial charge in [-0.05, 0) is 39.0 Å². The number of ether oxygens (including phenoxy) is 2. The van der Waals surface area contributed by atoms with Gasteiger partial charge in [0.25, 0.3) is 0 Å². The van der Waals surface area contributed by atoms with Gasteiger partial charge in [0.05, 0.1) is 29.7 Å². The van der Waals surface area contributed by atoms with Gasteiger partial charge in [0.15, 0.2) is 11.5 Å². The van der Waals surface area contributed by atoms with Crippen molar-refractivity contribution in [2.75, 3.05) is 13.2 Å². The van der Waals surface area contributed by atoms with Crippen molar-refractivity contribution in [2.45, 2.75) is 136 Å². The van der Waals surface area contributed by atoms with E-state index in [1.807, 2.05) is 19.1 Å². The third-order valence-corrected chi connectivity index (χ3v) is 9.35. The summed E-state index contributed by atoms with van der Waals surface area (Å²) in [5.74, 6) is 1.09. The second-order valence-electron chi connectivity index (χ2n) is 13.6. The van der Waals surface area contributed by atoms with Crippen LogP contribution in [0.2, 0.25) is 0 Å². The molecule has 41 heavy (non-hydrogen) atoms. The van der Waals surface area contributed by atoms with Crippen LogP contribution in [0.3, 0.4) is 0 Å². The molecule has 2 aliphatic rings. The summed E-state index contributed by atoms with van der Waals surface area (Å²) in [6.45, 7) is 11.4. The first kappa shape index (κ1) is 31.4. The summed E-state index contributed by atoms with van der Waals surface area (Å²) < 4.78 is 14.4. The number of imidazole rings is 1. The van der Waals surface area contributed by atoms with E-state index >= 15 is 0 Å². The molecule has 1 aliphatic carbocycles. The Kier molecular flexibility index (Phi) is 10.1. The summed E-state index contributed by atoms with van der Waals surface area (Å²) in [7, 11) is 0. The molecule has 0 saturated heterocycles. The van der Waals surface area contributed by atoms with Gasteiger partial charge in [-0.25, -0.2) is 4.98 Å². The molecular weight excluding hydrogens is 516 g/mol. The average molecular weight is 569 g/mol. The molecule has 1 aliphatic heterocycles. The molecule has 228 valence electrons. The smallest absolute Gasteiger partial charge is 0.309 e. The molecule has 0 amide bonds. The van der Waals surface area contributed by atoms with E-state index < -0.39 is 22.2 Å². The average Bonchev–Trinajstić information content (AvgIpc) is 3.29. The Bertz CT molecular complexity index is 1220. The molecule has 2 bridgehead atoms. The van der Waals surface area contributed by atoms with Gasteiger partial charge in [0.2, 0.25) is 5.91 Å². The first-order valence-corrected chi connectivity index (χ1v) is 16.2. The molecule has 3 atom stereocenters. The van der Waals surface area contributed by atoms with Crippen LogP contribution in [0.5, 0.6) is 11.5 Å². The number of fused-ring (bicyclic) bond motifs is 6. The molecule has 1 fully saturated rings. The lowest BCUT2D eigenvalue weighted by Crippen LogP contribution is -2.56. The van der Waals surface area contributed by atoms with Gasteiger partial charge in [0.1, 0.15) is 5.82 Å². The van der Waals surface area contributed by atoms with Crippen LogP contribution in [0.4, 0.5) is 0 Å². The second-order valence-corrected chi connectivity index (χ2v) is 13.6. The highest BCUT2D eigenvalue weighted by Gasteiger charge is 2.60. The predicted octanol–water partition coefficient (Wildman–Crippen LogP) is 8.71. The highest BCUT2D eigenvalue weighted by Crippen LogP contribution is 2.59. The number of nitrogens with zero attached hydrogens (tertiary/aromatic N) is 2. The first-order chi connectivity index (χ1) is 19.6. The summed E-state index contributed by atoms with van der Waals surface area (Å²) in [5.41, 5.74) is -0.838. The van der Waals surface area contributed by atoms with Crippen LogP contribution in [0.15, 0.2) is 12.1 Å². The normalized spacial score (nSPS) is 25.3. The van der Waals surface area contributed by atoms with Crippen molar-refractivity contribution in [3.05, 3.63) is 18.0 Å². The molecule has 0 radical (unpaired) electrons. The fourth-order valence-corrected chi connectivity index (χ4v) is 7.55. The predicted molar refractivity (Wildman–Crippen MR) is 163 cm³/mol. The summed E-state index contributed by atoms with van der Waals surface area (Å²) in [6, 6.07) is 3.86. The number of carbonyl (C=O) groups excluding carboxylic acids is 1. The molecule has 7 heteroatoms. The number of carboxylic acids is 1. The standard InChI is InChI=1S/C34H52N2O5/c1-6-8-10-12-14-16-18-40-27-20-25-26(21-28(27)41-19-17-15-13-11-9-7-2)36-29(35-25)32(3)22-33(4,30(36)37)24-34(5,23-32)31(38)39/h20-21H,6-19,22-24H2,1-5H3,(H,38,39)/t32-,33+,34+/m0/s1. The quantitative estimate of drug-likeness (QED) is 0.192. The van der Waals surface area contributed by atoms with Crippen molar-refractivity contribution in [1.29, 1.82) is 0 Å². The number of aromatic nitrogens is 2. The lowest BCUT2D eigenvalue weighted by Gasteiger charge is -2.53. The molecule has 0 spiro atoms. The van der Waals surface area contributed by atoms with E-state index in [9.17, 15) is 14.7 Å². The fraction of sp³-hybridized carbons (Fsp3) is 0.735. The monoisotopic (exact) mass is 568 g/mol. The van der Waals surface area contributed by atoms with Crippen molar-refractivity contribution in [2.24, 2.45) is 10.8 Å². The molecule has 2 heterocycles. The summed E-state index contributed by atoms with van der Waals surface area (Å²) in [4.78, 5) is 31.3. The van der Waals surface area contributed by atoms with E-state index in [1.54, 1.807) is 11.5 Å². The number of carbonyl (C=O) groups is 2. The van der Waals surface area contributed by atoms with Crippen LogP contribution < -0.4 is 9.47 Å². The van der Waals surface area contributed by atoms with Gasteiger partial charge < -0.3 is 14.6 Å². The molecule has 0 unspecified atom stereocenters. The number of rotatable bonds is 17. The van der Waals surface area contributed by atoms with E-state index in [2.05, 4.69) is 20.8 Å². The number of benzene rings is 1. The molecular formula is C34H52N2O5. The molecule has 1 aromatic heterocycles. The number of aliphatic carboxylic acids is 1. The van der Waals surface area contributed by atoms with Crippen LogP contribution in [0, 0.1) is 10.8 Å². The van der Waals surface area contributed by atoms with Gasteiger partial charge in [-0.1, -0.05) is 91.9 Å². The summed E-state index contributed by atoms with van der Waals surface area (Å²) >= 11 is 0. The van der Waals surface area contributed by atoms with Crippen molar-refractivity contribution in [1.82, 2.24) is 9.55 Å². The van der Waals surface area contributed by atoms with E-state index in [-0.39, 0.29) is 5.91 Å². The van der Waals surface area contributed by atoms with Gasteiger partial charge >= 0.3 is 5.97 Å². The molecule has 1 saturated carbocycles. The molecule has 1 N–H and O–H groups in total. The van der Waals surface area contributed by atoms with Crippen LogP contribution in [-0.2, 0) is 10.2 Å². The third kappa shape index (κ3) is 6.75. The third-order valence-electron chi connectivity index (χ3n) is 9.35. The maximum absolute atomic E-state index is 14.0. The number of unbranched alkanes of at least 4 members (excludes halogenated alkanes) is 10. The Labute approximate surface area is 246 Å². The van der Waals surface area contributed by atoms with Gasteiger partial charge in [0, 0.05) is 23.0 Å². The van der Waals surface area contributed by atoms with E-state index in [1.165, 1.54) is 51.4 Å². The number of carboxylic acid groups (broad SMARTS) is 1. The van der Waals surface area contributed by atoms with Crippen molar-refractivity contribution < 1.29 is 24.2 Å². The van der Waals surface area contributed by atoms with Crippen LogP contribution in [0.25, 0.3) is 11.0 Å². The topological polar surface area (TPSA) is 90.7 Å². The van der Waals surface area contributed by atoms with Crippen LogP contribution in [-0.4, -0.2) is 39.7 Å². The molecule has 7 nitrogen and oxygen atoms in total. The minimum absolute atomic E-state index is 0.0673. The molecule has 4 rings (SSSR count). The van der Waals surface area contributed by atoms with E-state index in [4.69, 9.17) is 14.5 Å². The Balaban J connectivity index is 1.61. The van der Waals surface area contributed by atoms with E-state index in [0.29, 0.717) is 55.3 Å². The number of hydrogen-bond donors (Lipinski definition) is 1. The second kappa shape index (κ2) is 13.2. The van der Waals surface area contributed by atoms with Crippen molar-refractivity contribution >= 4 is 22.9 Å². The van der Waals surface area contributed by atoms with Gasteiger partial charge in [-0.15, -0.1) is 0 Å². The van der Waals surface area contributed by atoms with E-state index in [0.717, 1.165) is 31.2 Å². The largest absolute Gasteiger partial charge is 0.490 e. The zero-order chi connectivity index (χ0) is 29.7.